The lowest BCUT2D eigenvalue weighted by Gasteiger charge is -2.17. The zero-order chi connectivity index (χ0) is 25.1. The number of phosphoric ester groups is 1. The van der Waals surface area contributed by atoms with Crippen LogP contribution in [-0.4, -0.2) is 69.3 Å². The summed E-state index contributed by atoms with van der Waals surface area (Å²) in [5.74, 6) is -8.50. The van der Waals surface area contributed by atoms with Crippen molar-refractivity contribution in [1.29, 1.82) is 0 Å². The minimum atomic E-state index is -5.25. The second kappa shape index (κ2) is 13.4. The second-order valence-corrected chi connectivity index (χ2v) is 7.73. The first-order valence-electron chi connectivity index (χ1n) is 8.89. The Morgan fingerprint density at radius 2 is 0.812 bits per heavy atom. The van der Waals surface area contributed by atoms with E-state index in [0.717, 1.165) is 0 Å². The first-order valence-corrected chi connectivity index (χ1v) is 10.4. The maximum Gasteiger partial charge on any atom is 0.653 e. The van der Waals surface area contributed by atoms with E-state index >= 15 is 0 Å². The lowest BCUT2D eigenvalue weighted by Crippen LogP contribution is -2.31. The van der Waals surface area contributed by atoms with E-state index in [-0.39, 0.29) is 0 Å². The van der Waals surface area contributed by atoms with Crippen molar-refractivity contribution in [3.05, 3.63) is 0 Å². The number of hydrogen-bond acceptors (Lipinski definition) is 13. The number of aliphatic carboxylic acids is 3. The van der Waals surface area contributed by atoms with Gasteiger partial charge in [0.05, 0.1) is 0 Å². The molecule has 0 aromatic heterocycles. The van der Waals surface area contributed by atoms with Crippen molar-refractivity contribution >= 4 is 43.6 Å². The molecule has 0 radical (unpaired) electrons. The first-order chi connectivity index (χ1) is 14.7. The molecule has 16 nitrogen and oxygen atoms in total. The Hall–Kier alpha value is -3.07. The normalized spacial score (nSPS) is 13.8. The highest BCUT2D eigenvalue weighted by molar-refractivity contribution is 7.50. The van der Waals surface area contributed by atoms with Crippen LogP contribution in [0.4, 0.5) is 0 Å². The highest BCUT2D eigenvalue weighted by atomic mass is 31.2. The molecule has 182 valence electrons. The maximum absolute atomic E-state index is 12.6. The predicted octanol–water partition coefficient (Wildman–Crippen LogP) is -1.70. The Bertz CT molecular complexity index is 687. The van der Waals surface area contributed by atoms with E-state index in [1.165, 1.54) is 0 Å². The number of phosphoric acid groups is 1. The molecule has 0 rings (SSSR count). The summed E-state index contributed by atoms with van der Waals surface area (Å²) in [7, 11) is -5.25. The van der Waals surface area contributed by atoms with Crippen LogP contribution in [0.25, 0.3) is 0 Å². The van der Waals surface area contributed by atoms with Crippen molar-refractivity contribution in [2.75, 3.05) is 0 Å². The van der Waals surface area contributed by atoms with Crippen molar-refractivity contribution in [2.45, 2.75) is 56.7 Å². The summed E-state index contributed by atoms with van der Waals surface area (Å²) in [6.45, 7) is 0. The molecule has 0 aliphatic carbocycles. The number of carbonyl (C=O) groups is 6. The zero-order valence-electron chi connectivity index (χ0n) is 16.6. The molecule has 0 aliphatic heterocycles. The molecule has 0 aliphatic rings. The van der Waals surface area contributed by atoms with Gasteiger partial charge in [0.1, 0.15) is 18.1 Å². The predicted molar refractivity (Wildman–Crippen MR) is 100 cm³/mol. The van der Waals surface area contributed by atoms with Crippen LogP contribution in [0.5, 0.6) is 0 Å². The molecule has 0 aromatic rings. The third-order valence-corrected chi connectivity index (χ3v) is 4.85. The van der Waals surface area contributed by atoms with Crippen LogP contribution < -0.4 is 17.2 Å². The van der Waals surface area contributed by atoms with E-state index in [1.807, 2.05) is 0 Å². The molecule has 0 spiro atoms. The molecule has 0 bridgehead atoms. The minimum Gasteiger partial charge on any atom is -0.480 e. The van der Waals surface area contributed by atoms with Gasteiger partial charge in [-0.2, -0.15) is 4.57 Å². The van der Waals surface area contributed by atoms with Crippen LogP contribution in [-0.2, 0) is 46.9 Å². The number of hydrogen-bond donors (Lipinski definition) is 6. The van der Waals surface area contributed by atoms with E-state index in [2.05, 4.69) is 13.6 Å². The van der Waals surface area contributed by atoms with Gasteiger partial charge in [-0.05, 0) is 19.3 Å². The average molecular weight is 485 g/mol. The molecule has 0 fully saturated rings. The molecule has 0 heterocycles. The summed E-state index contributed by atoms with van der Waals surface area (Å²) in [6.07, 6.45) is -3.51. The Labute approximate surface area is 180 Å². The van der Waals surface area contributed by atoms with E-state index in [0.29, 0.717) is 0 Å². The lowest BCUT2D eigenvalue weighted by atomic mass is 10.2. The van der Waals surface area contributed by atoms with Crippen LogP contribution >= 0.6 is 7.82 Å². The molecule has 0 unspecified atom stereocenters. The average Bonchev–Trinajstić information content (AvgIpc) is 2.67. The summed E-state index contributed by atoms with van der Waals surface area (Å²) in [4.78, 5) is 67.5. The fraction of sp³-hybridized carbons (Fsp3) is 0.600. The highest BCUT2D eigenvalue weighted by Crippen LogP contribution is 2.50. The summed E-state index contributed by atoms with van der Waals surface area (Å²) in [5, 5.41) is 26.0. The first kappa shape index (κ1) is 28.9. The fourth-order valence-corrected chi connectivity index (χ4v) is 2.89. The molecule has 0 aromatic carbocycles. The summed E-state index contributed by atoms with van der Waals surface area (Å²) in [6, 6.07) is -4.41. The van der Waals surface area contributed by atoms with Gasteiger partial charge in [0.2, 0.25) is 0 Å². The fourth-order valence-electron chi connectivity index (χ4n) is 1.76. The van der Waals surface area contributed by atoms with Gasteiger partial charge in [0, 0.05) is 19.3 Å². The molecule has 0 amide bonds. The third-order valence-electron chi connectivity index (χ3n) is 3.57. The lowest BCUT2D eigenvalue weighted by molar-refractivity contribution is -0.144. The van der Waals surface area contributed by atoms with Crippen LogP contribution in [0.2, 0.25) is 0 Å². The van der Waals surface area contributed by atoms with Crippen LogP contribution in [0.15, 0.2) is 0 Å². The van der Waals surface area contributed by atoms with E-state index in [1.54, 1.807) is 0 Å². The van der Waals surface area contributed by atoms with Crippen molar-refractivity contribution in [1.82, 2.24) is 0 Å². The number of rotatable bonds is 15. The molecule has 0 saturated heterocycles. The van der Waals surface area contributed by atoms with Crippen molar-refractivity contribution in [2.24, 2.45) is 17.2 Å². The van der Waals surface area contributed by atoms with E-state index in [9.17, 15) is 33.3 Å². The number of carbonyl (C=O) groups excluding carboxylic acids is 3. The van der Waals surface area contributed by atoms with Gasteiger partial charge in [0.15, 0.2) is 0 Å². The van der Waals surface area contributed by atoms with Crippen molar-refractivity contribution in [3.8, 4) is 0 Å². The standard InChI is InChI=1S/C15H24N3O13P/c16-7(13(22)23)1-4-10(19)29-32(28,30-11(20)5-2-8(17)14(24)25)31-12(21)6-3-9(18)15(26)27/h7-9H,1-6,16-18H2,(H,22,23)(H,24,25)(H,26,27)/t7-,8-,9-/m0/s1. The Kier molecular flexibility index (Phi) is 12.1. The summed E-state index contributed by atoms with van der Waals surface area (Å²) >= 11 is 0. The zero-order valence-corrected chi connectivity index (χ0v) is 17.5. The molecule has 32 heavy (non-hydrogen) atoms. The van der Waals surface area contributed by atoms with Gasteiger partial charge in [-0.15, -0.1) is 0 Å². The number of nitrogens with two attached hydrogens (primary N) is 3. The molecular weight excluding hydrogens is 461 g/mol. The summed E-state index contributed by atoms with van der Waals surface area (Å²) in [5.41, 5.74) is 15.6. The molecule has 3 atom stereocenters. The van der Waals surface area contributed by atoms with Crippen LogP contribution in [0, 0.1) is 0 Å². The smallest absolute Gasteiger partial charge is 0.480 e. The number of carboxylic acids is 3. The third kappa shape index (κ3) is 11.9. The van der Waals surface area contributed by atoms with Crippen LogP contribution in [0.1, 0.15) is 38.5 Å². The summed E-state index contributed by atoms with van der Waals surface area (Å²) < 4.78 is 25.8. The van der Waals surface area contributed by atoms with Gasteiger partial charge >= 0.3 is 43.6 Å². The largest absolute Gasteiger partial charge is 0.653 e. The Balaban J connectivity index is 5.19. The van der Waals surface area contributed by atoms with Gasteiger partial charge in [-0.25, -0.2) is 0 Å². The molecule has 17 heteroatoms. The quantitative estimate of drug-likeness (QED) is 0.141. The van der Waals surface area contributed by atoms with Gasteiger partial charge in [0.25, 0.3) is 0 Å². The SMILES string of the molecule is N[C@@H](CCC(=O)OP(=O)(OC(=O)CC[C@H](N)C(=O)O)OC(=O)CC[C@H](N)C(=O)O)C(=O)O. The van der Waals surface area contributed by atoms with Crippen molar-refractivity contribution < 1.29 is 62.2 Å². The molecule has 0 saturated carbocycles. The topological polar surface area (TPSA) is 286 Å². The van der Waals surface area contributed by atoms with E-state index < -0.39 is 100 Å². The van der Waals surface area contributed by atoms with Crippen molar-refractivity contribution in [3.63, 3.8) is 0 Å². The maximum atomic E-state index is 12.6. The second-order valence-electron chi connectivity index (χ2n) is 6.29. The Morgan fingerprint density at radius 1 is 0.594 bits per heavy atom. The molecule has 9 N–H and O–H groups in total. The number of carboxylic acid groups (broad SMARTS) is 3. The Morgan fingerprint density at radius 3 is 1.00 bits per heavy atom. The molecular formula is C15H24N3O13P. The van der Waals surface area contributed by atoms with Gasteiger partial charge < -0.3 is 46.1 Å². The van der Waals surface area contributed by atoms with Gasteiger partial charge in [-0.3, -0.25) is 28.8 Å². The van der Waals surface area contributed by atoms with Gasteiger partial charge in [-0.1, -0.05) is 0 Å². The van der Waals surface area contributed by atoms with Crippen LogP contribution in [0.3, 0.4) is 0 Å². The highest BCUT2D eigenvalue weighted by Gasteiger charge is 2.39. The minimum absolute atomic E-state index is 0.461. The monoisotopic (exact) mass is 485 g/mol. The van der Waals surface area contributed by atoms with E-state index in [4.69, 9.17) is 32.5 Å².